The maximum absolute atomic E-state index is 10.5. The second-order valence-electron chi connectivity index (χ2n) is 5.43. The lowest BCUT2D eigenvalue weighted by atomic mass is 10.0. The zero-order chi connectivity index (χ0) is 14.9. The van der Waals surface area contributed by atoms with Gasteiger partial charge in [0.05, 0.1) is 10.2 Å². The van der Waals surface area contributed by atoms with E-state index in [9.17, 15) is 5.11 Å². The van der Waals surface area contributed by atoms with Crippen molar-refractivity contribution in [1.82, 2.24) is 10.3 Å². The third-order valence-electron chi connectivity index (χ3n) is 3.63. The summed E-state index contributed by atoms with van der Waals surface area (Å²) in [5.41, 5.74) is 1.34. The van der Waals surface area contributed by atoms with Crippen molar-refractivity contribution in [3.05, 3.63) is 51.7 Å². The Morgan fingerprint density at radius 1 is 1.33 bits per heavy atom. The van der Waals surface area contributed by atoms with Crippen LogP contribution in [0.3, 0.4) is 0 Å². The summed E-state index contributed by atoms with van der Waals surface area (Å²) in [5, 5.41) is 18.0. The van der Waals surface area contributed by atoms with Gasteiger partial charge >= 0.3 is 0 Å². The van der Waals surface area contributed by atoms with Gasteiger partial charge in [0.1, 0.15) is 5.60 Å². The van der Waals surface area contributed by atoms with Crippen LogP contribution in [0.15, 0.2) is 41.2 Å². The molecule has 3 rings (SSSR count). The Morgan fingerprint density at radius 3 is 2.95 bits per heavy atom. The summed E-state index contributed by atoms with van der Waals surface area (Å²) in [6, 6.07) is 8.28. The molecular formula is C16H18N2OS2. The van der Waals surface area contributed by atoms with Crippen molar-refractivity contribution < 1.29 is 5.11 Å². The van der Waals surface area contributed by atoms with Crippen molar-refractivity contribution in [2.75, 3.05) is 6.54 Å². The molecule has 2 N–H and O–H groups in total. The molecule has 0 fully saturated rings. The van der Waals surface area contributed by atoms with Gasteiger partial charge in [-0.3, -0.25) is 4.98 Å². The summed E-state index contributed by atoms with van der Waals surface area (Å²) in [4.78, 5) is 5.45. The van der Waals surface area contributed by atoms with Crippen LogP contribution in [0, 0.1) is 0 Å². The first-order valence-electron chi connectivity index (χ1n) is 6.89. The second kappa shape index (κ2) is 5.85. The summed E-state index contributed by atoms with van der Waals surface area (Å²) < 4.78 is 1.20. The quantitative estimate of drug-likeness (QED) is 0.749. The highest BCUT2D eigenvalue weighted by molar-refractivity contribution is 7.17. The van der Waals surface area contributed by atoms with E-state index >= 15 is 0 Å². The van der Waals surface area contributed by atoms with Crippen LogP contribution in [-0.2, 0) is 5.60 Å². The fraction of sp³-hybridized carbons (Fsp3) is 0.312. The third-order valence-corrected chi connectivity index (χ3v) is 5.60. The van der Waals surface area contributed by atoms with Gasteiger partial charge in [0, 0.05) is 23.7 Å². The van der Waals surface area contributed by atoms with Crippen LogP contribution in [-0.4, -0.2) is 16.6 Å². The first kappa shape index (κ1) is 14.7. The standard InChI is InChI=1S/C16H18N2OS2/c1-11(12-8-14-13(17-9-12)5-7-20-14)18-10-16(2,19)15-4-3-6-21-15/h3-9,11,18-19H,10H2,1-2H3/t11-,16+/m1/s1. The molecule has 0 aromatic carbocycles. The Morgan fingerprint density at radius 2 is 2.19 bits per heavy atom. The average molecular weight is 318 g/mol. The molecule has 0 radical (unpaired) electrons. The molecule has 110 valence electrons. The maximum atomic E-state index is 10.5. The number of nitrogens with one attached hydrogen (secondary N) is 1. The molecule has 0 aliphatic rings. The van der Waals surface area contributed by atoms with Gasteiger partial charge in [-0.1, -0.05) is 6.07 Å². The van der Waals surface area contributed by atoms with Gasteiger partial charge in [-0.2, -0.15) is 0 Å². The molecule has 0 saturated carbocycles. The molecule has 2 atom stereocenters. The van der Waals surface area contributed by atoms with Gasteiger partial charge in [-0.05, 0) is 48.4 Å². The number of fused-ring (bicyclic) bond motifs is 1. The van der Waals surface area contributed by atoms with E-state index in [2.05, 4.69) is 28.7 Å². The van der Waals surface area contributed by atoms with Crippen molar-refractivity contribution in [3.8, 4) is 0 Å². The van der Waals surface area contributed by atoms with Gasteiger partial charge in [0.25, 0.3) is 0 Å². The lowest BCUT2D eigenvalue weighted by Crippen LogP contribution is -2.36. The number of rotatable bonds is 5. The number of hydrogen-bond acceptors (Lipinski definition) is 5. The third kappa shape index (κ3) is 3.16. The predicted molar refractivity (Wildman–Crippen MR) is 89.9 cm³/mol. The molecule has 21 heavy (non-hydrogen) atoms. The summed E-state index contributed by atoms with van der Waals surface area (Å²) in [7, 11) is 0. The molecule has 3 heterocycles. The fourth-order valence-corrected chi connectivity index (χ4v) is 3.82. The largest absolute Gasteiger partial charge is 0.383 e. The molecule has 3 aromatic rings. The molecule has 3 nitrogen and oxygen atoms in total. The van der Waals surface area contributed by atoms with Gasteiger partial charge in [-0.25, -0.2) is 0 Å². The first-order chi connectivity index (χ1) is 10.1. The van der Waals surface area contributed by atoms with E-state index in [1.54, 1.807) is 22.7 Å². The Bertz CT molecular complexity index is 719. The van der Waals surface area contributed by atoms with Crippen molar-refractivity contribution in [2.24, 2.45) is 0 Å². The van der Waals surface area contributed by atoms with Crippen molar-refractivity contribution in [2.45, 2.75) is 25.5 Å². The minimum Gasteiger partial charge on any atom is -0.383 e. The topological polar surface area (TPSA) is 45.1 Å². The van der Waals surface area contributed by atoms with Crippen molar-refractivity contribution >= 4 is 32.9 Å². The average Bonchev–Trinajstić information content (AvgIpc) is 3.14. The van der Waals surface area contributed by atoms with Crippen LogP contribution in [0.2, 0.25) is 0 Å². The Labute approximate surface area is 132 Å². The molecule has 0 saturated heterocycles. The van der Waals surface area contributed by atoms with Crippen LogP contribution >= 0.6 is 22.7 Å². The van der Waals surface area contributed by atoms with Crippen LogP contribution in [0.25, 0.3) is 10.2 Å². The van der Waals surface area contributed by atoms with Crippen LogP contribution in [0.4, 0.5) is 0 Å². The molecule has 0 unspecified atom stereocenters. The van der Waals surface area contributed by atoms with Crippen LogP contribution in [0.1, 0.15) is 30.3 Å². The van der Waals surface area contributed by atoms with Gasteiger partial charge in [0.2, 0.25) is 0 Å². The van der Waals surface area contributed by atoms with E-state index in [-0.39, 0.29) is 6.04 Å². The second-order valence-corrected chi connectivity index (χ2v) is 7.32. The molecule has 0 aliphatic heterocycles. The minimum absolute atomic E-state index is 0.149. The highest BCUT2D eigenvalue weighted by Crippen LogP contribution is 2.26. The van der Waals surface area contributed by atoms with Gasteiger partial charge < -0.3 is 10.4 Å². The van der Waals surface area contributed by atoms with Crippen LogP contribution < -0.4 is 5.32 Å². The number of aliphatic hydroxyl groups is 1. The number of pyridine rings is 1. The highest BCUT2D eigenvalue weighted by atomic mass is 32.1. The highest BCUT2D eigenvalue weighted by Gasteiger charge is 2.24. The lowest BCUT2D eigenvalue weighted by molar-refractivity contribution is 0.0581. The molecule has 0 spiro atoms. The Balaban J connectivity index is 1.69. The predicted octanol–water partition coefficient (Wildman–Crippen LogP) is 3.92. The maximum Gasteiger partial charge on any atom is 0.108 e. The first-order valence-corrected chi connectivity index (χ1v) is 8.65. The van der Waals surface area contributed by atoms with E-state index in [4.69, 9.17) is 0 Å². The normalized spacial score (nSPS) is 16.0. The summed E-state index contributed by atoms with van der Waals surface area (Å²) in [6.07, 6.45) is 1.91. The zero-order valence-corrected chi connectivity index (χ0v) is 13.7. The summed E-state index contributed by atoms with van der Waals surface area (Å²) in [5.74, 6) is 0. The van der Waals surface area contributed by atoms with E-state index in [0.29, 0.717) is 6.54 Å². The number of hydrogen-bond donors (Lipinski definition) is 2. The molecule has 5 heteroatoms. The minimum atomic E-state index is -0.844. The number of aromatic nitrogens is 1. The smallest absolute Gasteiger partial charge is 0.108 e. The fourth-order valence-electron chi connectivity index (χ4n) is 2.24. The van der Waals surface area contributed by atoms with Crippen molar-refractivity contribution in [1.29, 1.82) is 0 Å². The zero-order valence-electron chi connectivity index (χ0n) is 12.0. The number of thiophene rings is 2. The monoisotopic (exact) mass is 318 g/mol. The van der Waals surface area contributed by atoms with E-state index in [1.807, 2.05) is 36.7 Å². The van der Waals surface area contributed by atoms with Gasteiger partial charge in [-0.15, -0.1) is 22.7 Å². The molecular weight excluding hydrogens is 300 g/mol. The molecule has 0 amide bonds. The van der Waals surface area contributed by atoms with Gasteiger partial charge in [0.15, 0.2) is 0 Å². The van der Waals surface area contributed by atoms with E-state index in [1.165, 1.54) is 4.70 Å². The van der Waals surface area contributed by atoms with E-state index < -0.39 is 5.60 Å². The lowest BCUT2D eigenvalue weighted by Gasteiger charge is -2.25. The SMILES string of the molecule is C[C@@H](NC[C@](C)(O)c1cccs1)c1cnc2ccsc2c1. The summed E-state index contributed by atoms with van der Waals surface area (Å²) >= 11 is 3.28. The summed E-state index contributed by atoms with van der Waals surface area (Å²) in [6.45, 7) is 4.46. The molecule has 0 aliphatic carbocycles. The van der Waals surface area contributed by atoms with Crippen LogP contribution in [0.5, 0.6) is 0 Å². The molecule has 3 aromatic heterocycles. The van der Waals surface area contributed by atoms with Crippen molar-refractivity contribution in [3.63, 3.8) is 0 Å². The van der Waals surface area contributed by atoms with E-state index in [0.717, 1.165) is 16.0 Å². The number of nitrogens with zero attached hydrogens (tertiary/aromatic N) is 1. The Hall–Kier alpha value is -1.27. The molecule has 0 bridgehead atoms. The Kier molecular flexibility index (Phi) is 4.08.